The van der Waals surface area contributed by atoms with E-state index in [0.29, 0.717) is 11.8 Å². The maximum absolute atomic E-state index is 12.7. The molecule has 5 rings (SSSR count). The first-order valence-corrected chi connectivity index (χ1v) is 10.5. The fraction of sp³-hybridized carbons (Fsp3) is 0.682. The summed E-state index contributed by atoms with van der Waals surface area (Å²) in [6, 6.07) is 6.61. The maximum atomic E-state index is 12.7. The van der Waals surface area contributed by atoms with Gasteiger partial charge in [-0.3, -0.25) is 9.69 Å². The van der Waals surface area contributed by atoms with Gasteiger partial charge in [-0.25, -0.2) is 0 Å². The summed E-state index contributed by atoms with van der Waals surface area (Å²) in [6.07, 6.45) is 7.36. The number of fused-ring (bicyclic) bond motifs is 3. The fourth-order valence-electron chi connectivity index (χ4n) is 5.73. The van der Waals surface area contributed by atoms with Crippen LogP contribution < -0.4 is 4.74 Å². The van der Waals surface area contributed by atoms with Crippen LogP contribution >= 0.6 is 0 Å². The third-order valence-corrected chi connectivity index (χ3v) is 7.21. The van der Waals surface area contributed by atoms with Crippen LogP contribution in [-0.4, -0.2) is 48.5 Å². The SMILES string of the molecule is O=C(C[C@H]1C[C@H]2CC[C@@H]1C2)N1CCN(Cc2ccc3c(c2)CCO3)CC1. The van der Waals surface area contributed by atoms with Crippen molar-refractivity contribution in [2.24, 2.45) is 17.8 Å². The van der Waals surface area contributed by atoms with Gasteiger partial charge in [0.2, 0.25) is 5.91 Å². The van der Waals surface area contributed by atoms with Crippen LogP contribution in [0.2, 0.25) is 0 Å². The van der Waals surface area contributed by atoms with Crippen LogP contribution in [0.3, 0.4) is 0 Å². The van der Waals surface area contributed by atoms with E-state index in [2.05, 4.69) is 28.0 Å². The van der Waals surface area contributed by atoms with Crippen molar-refractivity contribution in [1.82, 2.24) is 9.80 Å². The topological polar surface area (TPSA) is 32.8 Å². The van der Waals surface area contributed by atoms with Crippen molar-refractivity contribution >= 4 is 5.91 Å². The molecule has 26 heavy (non-hydrogen) atoms. The number of nitrogens with zero attached hydrogens (tertiary/aromatic N) is 2. The van der Waals surface area contributed by atoms with Gasteiger partial charge >= 0.3 is 0 Å². The average Bonchev–Trinajstić information content (AvgIpc) is 3.38. The molecule has 2 aliphatic carbocycles. The number of carbonyl (C=O) groups excluding carboxylic acids is 1. The predicted molar refractivity (Wildman–Crippen MR) is 101 cm³/mol. The molecule has 2 aliphatic heterocycles. The smallest absolute Gasteiger partial charge is 0.222 e. The lowest BCUT2D eigenvalue weighted by Crippen LogP contribution is -2.48. The molecule has 0 aromatic heterocycles. The number of benzene rings is 1. The van der Waals surface area contributed by atoms with E-state index < -0.39 is 0 Å². The molecular formula is C22H30N2O2. The van der Waals surface area contributed by atoms with E-state index in [9.17, 15) is 4.79 Å². The molecule has 2 bridgehead atoms. The van der Waals surface area contributed by atoms with Crippen LogP contribution in [0.25, 0.3) is 0 Å². The van der Waals surface area contributed by atoms with Crippen LogP contribution in [0.4, 0.5) is 0 Å². The van der Waals surface area contributed by atoms with E-state index in [-0.39, 0.29) is 0 Å². The molecule has 0 radical (unpaired) electrons. The summed E-state index contributed by atoms with van der Waals surface area (Å²) in [4.78, 5) is 17.3. The van der Waals surface area contributed by atoms with Gasteiger partial charge in [0.05, 0.1) is 6.61 Å². The Balaban J connectivity index is 1.11. The second-order valence-corrected chi connectivity index (χ2v) is 8.84. The summed E-state index contributed by atoms with van der Waals surface area (Å²) >= 11 is 0. The van der Waals surface area contributed by atoms with E-state index in [0.717, 1.165) is 69.8 Å². The number of piperazine rings is 1. The Morgan fingerprint density at radius 3 is 2.77 bits per heavy atom. The molecule has 2 saturated carbocycles. The zero-order chi connectivity index (χ0) is 17.5. The molecule has 1 aromatic rings. The van der Waals surface area contributed by atoms with E-state index in [1.165, 1.54) is 36.8 Å². The Morgan fingerprint density at radius 1 is 1.12 bits per heavy atom. The Morgan fingerprint density at radius 2 is 2.00 bits per heavy atom. The monoisotopic (exact) mass is 354 g/mol. The molecule has 0 unspecified atom stereocenters. The minimum Gasteiger partial charge on any atom is -0.493 e. The highest BCUT2D eigenvalue weighted by Crippen LogP contribution is 2.49. The van der Waals surface area contributed by atoms with E-state index >= 15 is 0 Å². The predicted octanol–water partition coefficient (Wildman–Crippen LogP) is 3.09. The third-order valence-electron chi connectivity index (χ3n) is 7.21. The standard InChI is InChI=1S/C22H30N2O2/c25-22(14-20-12-16-1-3-18(20)11-16)24-8-6-23(7-9-24)15-17-2-4-21-19(13-17)5-10-26-21/h2,4,13,16,18,20H,1,3,5-12,14-15H2/t16-,18+,20+/m0/s1. The first-order valence-electron chi connectivity index (χ1n) is 10.5. The molecule has 1 saturated heterocycles. The Bertz CT molecular complexity index is 681. The van der Waals surface area contributed by atoms with Crippen LogP contribution in [-0.2, 0) is 17.8 Å². The second-order valence-electron chi connectivity index (χ2n) is 8.84. The zero-order valence-electron chi connectivity index (χ0n) is 15.7. The molecule has 140 valence electrons. The first-order chi connectivity index (χ1) is 12.7. The lowest BCUT2D eigenvalue weighted by molar-refractivity contribution is -0.134. The van der Waals surface area contributed by atoms with Crippen molar-refractivity contribution < 1.29 is 9.53 Å². The van der Waals surface area contributed by atoms with Gasteiger partial charge in [-0.1, -0.05) is 18.6 Å². The molecule has 1 aromatic carbocycles. The van der Waals surface area contributed by atoms with Crippen molar-refractivity contribution in [3.8, 4) is 5.75 Å². The molecule has 0 spiro atoms. The molecule has 2 heterocycles. The Labute approximate surface area is 156 Å². The van der Waals surface area contributed by atoms with E-state index in [1.807, 2.05) is 0 Å². The quantitative estimate of drug-likeness (QED) is 0.833. The summed E-state index contributed by atoms with van der Waals surface area (Å²) in [5.74, 6) is 3.95. The van der Waals surface area contributed by atoms with Crippen molar-refractivity contribution in [3.63, 3.8) is 0 Å². The van der Waals surface area contributed by atoms with Gasteiger partial charge in [0, 0.05) is 45.6 Å². The minimum atomic E-state index is 0.414. The highest BCUT2D eigenvalue weighted by atomic mass is 16.5. The van der Waals surface area contributed by atoms with Gasteiger partial charge in [0.1, 0.15) is 5.75 Å². The van der Waals surface area contributed by atoms with Crippen LogP contribution in [0.5, 0.6) is 5.75 Å². The van der Waals surface area contributed by atoms with E-state index in [4.69, 9.17) is 4.74 Å². The van der Waals surface area contributed by atoms with Crippen molar-refractivity contribution in [3.05, 3.63) is 29.3 Å². The summed E-state index contributed by atoms with van der Waals surface area (Å²) < 4.78 is 5.60. The molecule has 0 N–H and O–H groups in total. The number of rotatable bonds is 4. The molecule has 4 nitrogen and oxygen atoms in total. The van der Waals surface area contributed by atoms with Crippen LogP contribution in [0.1, 0.15) is 43.2 Å². The number of hydrogen-bond donors (Lipinski definition) is 0. The molecule has 3 fully saturated rings. The molecule has 4 heteroatoms. The zero-order valence-corrected chi connectivity index (χ0v) is 15.7. The average molecular weight is 354 g/mol. The molecule has 1 amide bonds. The lowest BCUT2D eigenvalue weighted by Gasteiger charge is -2.36. The van der Waals surface area contributed by atoms with Gasteiger partial charge in [-0.05, 0) is 54.2 Å². The van der Waals surface area contributed by atoms with Gasteiger partial charge in [0.15, 0.2) is 0 Å². The first kappa shape index (κ1) is 16.6. The van der Waals surface area contributed by atoms with Crippen LogP contribution in [0.15, 0.2) is 18.2 Å². The minimum absolute atomic E-state index is 0.414. The molecule has 3 atom stereocenters. The summed E-state index contributed by atoms with van der Waals surface area (Å²) in [5.41, 5.74) is 2.72. The highest BCUT2D eigenvalue weighted by Gasteiger charge is 2.40. The normalized spacial score (nSPS) is 30.5. The Kier molecular flexibility index (Phi) is 4.39. The highest BCUT2D eigenvalue weighted by molar-refractivity contribution is 5.76. The third kappa shape index (κ3) is 3.24. The number of hydrogen-bond acceptors (Lipinski definition) is 3. The van der Waals surface area contributed by atoms with Crippen LogP contribution in [0, 0.1) is 17.8 Å². The van der Waals surface area contributed by atoms with Gasteiger partial charge in [0.25, 0.3) is 0 Å². The van der Waals surface area contributed by atoms with Crippen molar-refractivity contribution in [2.75, 3.05) is 32.8 Å². The molecule has 4 aliphatic rings. The lowest BCUT2D eigenvalue weighted by atomic mass is 9.86. The molecular weight excluding hydrogens is 324 g/mol. The van der Waals surface area contributed by atoms with E-state index in [1.54, 1.807) is 0 Å². The van der Waals surface area contributed by atoms with Gasteiger partial charge in [-0.2, -0.15) is 0 Å². The van der Waals surface area contributed by atoms with Crippen molar-refractivity contribution in [1.29, 1.82) is 0 Å². The van der Waals surface area contributed by atoms with Crippen molar-refractivity contribution in [2.45, 2.75) is 45.1 Å². The number of amides is 1. The Hall–Kier alpha value is -1.55. The second kappa shape index (κ2) is 6.88. The summed E-state index contributed by atoms with van der Waals surface area (Å²) in [5, 5.41) is 0. The summed E-state index contributed by atoms with van der Waals surface area (Å²) in [6.45, 7) is 5.59. The summed E-state index contributed by atoms with van der Waals surface area (Å²) in [7, 11) is 0. The number of carbonyl (C=O) groups is 1. The van der Waals surface area contributed by atoms with Gasteiger partial charge < -0.3 is 9.64 Å². The number of ether oxygens (including phenoxy) is 1. The largest absolute Gasteiger partial charge is 0.493 e. The maximum Gasteiger partial charge on any atom is 0.222 e. The fourth-order valence-corrected chi connectivity index (χ4v) is 5.73. The van der Waals surface area contributed by atoms with Gasteiger partial charge in [-0.15, -0.1) is 0 Å².